The van der Waals surface area contributed by atoms with Crippen molar-refractivity contribution in [3.8, 4) is 5.75 Å². The van der Waals surface area contributed by atoms with Crippen molar-refractivity contribution in [3.05, 3.63) is 76.2 Å². The summed E-state index contributed by atoms with van der Waals surface area (Å²) in [6.45, 7) is 4.69. The van der Waals surface area contributed by atoms with Crippen LogP contribution in [0.15, 0.2) is 59.7 Å². The molecule has 1 aliphatic heterocycles. The lowest BCUT2D eigenvalue weighted by atomic mass is 10.0. The van der Waals surface area contributed by atoms with Gasteiger partial charge >= 0.3 is 6.09 Å². The van der Waals surface area contributed by atoms with Crippen LogP contribution in [-0.4, -0.2) is 36.4 Å². The fraction of sp³-hybridized carbons (Fsp3) is 0.318. The molecule has 1 heterocycles. The number of rotatable bonds is 6. The first-order valence-corrected chi connectivity index (χ1v) is 9.64. The predicted octanol–water partition coefficient (Wildman–Crippen LogP) is 5.50. The van der Waals surface area contributed by atoms with E-state index in [-0.39, 0.29) is 12.0 Å². The summed E-state index contributed by atoms with van der Waals surface area (Å²) in [4.78, 5) is 15.8. The first-order chi connectivity index (χ1) is 14.5. The molecule has 0 fully saturated rings. The Labute approximate surface area is 175 Å². The van der Waals surface area contributed by atoms with E-state index in [1.54, 1.807) is 19.2 Å². The average Bonchev–Trinajstić information content (AvgIpc) is 3.13. The van der Waals surface area contributed by atoms with Gasteiger partial charge in [0.15, 0.2) is 0 Å². The zero-order chi connectivity index (χ0) is 21.7. The average molecular weight is 407 g/mol. The Morgan fingerprint density at radius 3 is 2.47 bits per heavy atom. The van der Waals surface area contributed by atoms with E-state index in [0.717, 1.165) is 11.3 Å². The summed E-state index contributed by atoms with van der Waals surface area (Å²) in [6.07, 6.45) is 1.52. The van der Waals surface area contributed by atoms with Crippen LogP contribution in [0.3, 0.4) is 0 Å². The minimum atomic E-state index is -0.506. The molecule has 0 saturated heterocycles. The number of azide groups is 1. The summed E-state index contributed by atoms with van der Waals surface area (Å²) < 4.78 is 10.3. The topological polar surface area (TPSA) is 90.8 Å². The molecule has 1 amide bonds. The van der Waals surface area contributed by atoms with Crippen LogP contribution in [0.4, 0.5) is 10.5 Å². The summed E-state index contributed by atoms with van der Waals surface area (Å²) in [7, 11) is 2.98. The molecule has 156 valence electrons. The minimum Gasteiger partial charge on any atom is -0.497 e. The highest BCUT2D eigenvalue weighted by molar-refractivity contribution is 5.86. The first kappa shape index (κ1) is 21.2. The van der Waals surface area contributed by atoms with Gasteiger partial charge in [-0.05, 0) is 35.2 Å². The van der Waals surface area contributed by atoms with Crippen LogP contribution in [0.1, 0.15) is 25.0 Å². The van der Waals surface area contributed by atoms with Gasteiger partial charge < -0.3 is 9.47 Å². The molecule has 0 saturated carbocycles. The summed E-state index contributed by atoms with van der Waals surface area (Å²) in [5.41, 5.74) is 11.7. The van der Waals surface area contributed by atoms with Crippen molar-refractivity contribution >= 4 is 17.5 Å². The van der Waals surface area contributed by atoms with E-state index >= 15 is 0 Å². The van der Waals surface area contributed by atoms with E-state index in [4.69, 9.17) is 15.0 Å². The SMILES string of the molecule is COC(=O)N1C(c2ccccc2N=[N+]=[N-])=CC(C(C)C)N1Cc1ccc(OC)cc1. The Hall–Kier alpha value is -3.48. The van der Waals surface area contributed by atoms with E-state index in [1.807, 2.05) is 47.5 Å². The molecular weight excluding hydrogens is 382 g/mol. The third-order valence-electron chi connectivity index (χ3n) is 5.02. The molecule has 0 spiro atoms. The van der Waals surface area contributed by atoms with Gasteiger partial charge in [0.1, 0.15) is 5.75 Å². The number of benzene rings is 2. The van der Waals surface area contributed by atoms with Gasteiger partial charge in [-0.25, -0.2) is 9.80 Å². The number of hydrogen-bond acceptors (Lipinski definition) is 5. The zero-order valence-corrected chi connectivity index (χ0v) is 17.5. The molecule has 1 unspecified atom stereocenters. The molecular formula is C22H25N5O3. The van der Waals surface area contributed by atoms with Gasteiger partial charge in [-0.3, -0.25) is 0 Å². The number of amides is 1. The van der Waals surface area contributed by atoms with Gasteiger partial charge in [-0.15, -0.1) is 0 Å². The number of methoxy groups -OCH3 is 2. The van der Waals surface area contributed by atoms with Crippen LogP contribution >= 0.6 is 0 Å². The molecule has 8 heteroatoms. The number of carbonyl (C=O) groups excluding carboxylic acids is 1. The summed E-state index contributed by atoms with van der Waals surface area (Å²) in [5, 5.41) is 7.30. The fourth-order valence-corrected chi connectivity index (χ4v) is 3.54. The number of ether oxygens (including phenoxy) is 2. The van der Waals surface area contributed by atoms with Crippen LogP contribution in [0.5, 0.6) is 5.75 Å². The van der Waals surface area contributed by atoms with E-state index in [1.165, 1.54) is 12.1 Å². The van der Waals surface area contributed by atoms with Crippen LogP contribution in [0.2, 0.25) is 0 Å². The molecule has 0 N–H and O–H groups in total. The zero-order valence-electron chi connectivity index (χ0n) is 17.5. The normalized spacial score (nSPS) is 16.2. The molecule has 2 aromatic rings. The lowest BCUT2D eigenvalue weighted by molar-refractivity contribution is 0.00355. The Balaban J connectivity index is 2.05. The second-order valence-electron chi connectivity index (χ2n) is 7.22. The molecule has 1 atom stereocenters. The molecule has 0 aliphatic carbocycles. The van der Waals surface area contributed by atoms with Gasteiger partial charge in [-0.1, -0.05) is 55.4 Å². The van der Waals surface area contributed by atoms with Crippen LogP contribution in [0.25, 0.3) is 16.1 Å². The van der Waals surface area contributed by atoms with Crippen molar-refractivity contribution in [2.45, 2.75) is 26.4 Å². The van der Waals surface area contributed by atoms with Crippen molar-refractivity contribution in [2.24, 2.45) is 11.0 Å². The van der Waals surface area contributed by atoms with Gasteiger partial charge in [0.25, 0.3) is 0 Å². The number of nitrogens with zero attached hydrogens (tertiary/aromatic N) is 5. The molecule has 30 heavy (non-hydrogen) atoms. The van der Waals surface area contributed by atoms with Gasteiger partial charge in [0, 0.05) is 22.7 Å². The highest BCUT2D eigenvalue weighted by atomic mass is 16.5. The lowest BCUT2D eigenvalue weighted by Gasteiger charge is -2.34. The van der Waals surface area contributed by atoms with Crippen molar-refractivity contribution < 1.29 is 14.3 Å². The highest BCUT2D eigenvalue weighted by Gasteiger charge is 2.39. The highest BCUT2D eigenvalue weighted by Crippen LogP contribution is 2.38. The molecule has 0 radical (unpaired) electrons. The predicted molar refractivity (Wildman–Crippen MR) is 115 cm³/mol. The lowest BCUT2D eigenvalue weighted by Crippen LogP contribution is -2.46. The Morgan fingerprint density at radius 2 is 1.87 bits per heavy atom. The van der Waals surface area contributed by atoms with Crippen LogP contribution in [-0.2, 0) is 11.3 Å². The number of hydrogen-bond donors (Lipinski definition) is 0. The van der Waals surface area contributed by atoms with Gasteiger partial charge in [0.05, 0.1) is 26.0 Å². The van der Waals surface area contributed by atoms with E-state index < -0.39 is 6.09 Å². The minimum absolute atomic E-state index is 0.0553. The fourth-order valence-electron chi connectivity index (χ4n) is 3.54. The van der Waals surface area contributed by atoms with Crippen molar-refractivity contribution in [2.75, 3.05) is 14.2 Å². The quantitative estimate of drug-likeness (QED) is 0.359. The van der Waals surface area contributed by atoms with Crippen molar-refractivity contribution in [1.29, 1.82) is 0 Å². The Morgan fingerprint density at radius 1 is 1.17 bits per heavy atom. The van der Waals surface area contributed by atoms with Crippen molar-refractivity contribution in [3.63, 3.8) is 0 Å². The van der Waals surface area contributed by atoms with Gasteiger partial charge in [-0.2, -0.15) is 5.01 Å². The van der Waals surface area contributed by atoms with E-state index in [2.05, 4.69) is 23.9 Å². The molecule has 0 aromatic heterocycles. The van der Waals surface area contributed by atoms with Crippen LogP contribution < -0.4 is 4.74 Å². The first-order valence-electron chi connectivity index (χ1n) is 9.64. The third-order valence-corrected chi connectivity index (χ3v) is 5.02. The van der Waals surface area contributed by atoms with Gasteiger partial charge in [0.2, 0.25) is 0 Å². The third kappa shape index (κ3) is 4.25. The maximum absolute atomic E-state index is 12.8. The Kier molecular flexibility index (Phi) is 6.61. The monoisotopic (exact) mass is 407 g/mol. The van der Waals surface area contributed by atoms with Crippen molar-refractivity contribution in [1.82, 2.24) is 10.0 Å². The molecule has 0 bridgehead atoms. The van der Waals surface area contributed by atoms with Crippen LogP contribution in [0, 0.1) is 5.92 Å². The molecule has 3 rings (SSSR count). The Bertz CT molecular complexity index is 981. The standard InChI is InChI=1S/C22H25N5O3/c1-15(2)20-13-21(18-7-5-6-8-19(18)24-25-23)27(22(28)30-4)26(20)14-16-9-11-17(29-3)12-10-16/h5-13,15,20H,14H2,1-4H3. The summed E-state index contributed by atoms with van der Waals surface area (Å²) >= 11 is 0. The largest absolute Gasteiger partial charge is 0.497 e. The maximum atomic E-state index is 12.8. The molecule has 8 nitrogen and oxygen atoms in total. The molecule has 1 aliphatic rings. The van der Waals surface area contributed by atoms with E-state index in [9.17, 15) is 4.79 Å². The number of carbonyl (C=O) groups is 1. The second-order valence-corrected chi connectivity index (χ2v) is 7.22. The summed E-state index contributed by atoms with van der Waals surface area (Å²) in [5.74, 6) is 0.993. The maximum Gasteiger partial charge on any atom is 0.429 e. The second kappa shape index (κ2) is 9.35. The smallest absolute Gasteiger partial charge is 0.429 e. The van der Waals surface area contributed by atoms with E-state index in [0.29, 0.717) is 23.5 Å². The number of hydrazine groups is 1. The summed E-state index contributed by atoms with van der Waals surface area (Å²) in [6, 6.07) is 14.9. The molecule has 2 aromatic carbocycles.